The summed E-state index contributed by atoms with van der Waals surface area (Å²) in [6.07, 6.45) is 4.47. The average Bonchev–Trinajstić information content (AvgIpc) is 3.19. The number of carbonyl (C=O) groups is 1. The van der Waals surface area contributed by atoms with Gasteiger partial charge in [0.1, 0.15) is 0 Å². The summed E-state index contributed by atoms with van der Waals surface area (Å²) >= 11 is 0. The summed E-state index contributed by atoms with van der Waals surface area (Å²) in [7, 11) is 0. The van der Waals surface area contributed by atoms with Crippen molar-refractivity contribution in [1.29, 1.82) is 0 Å². The first-order chi connectivity index (χ1) is 10.7. The molecule has 2 aliphatic heterocycles. The molecule has 0 aliphatic carbocycles. The summed E-state index contributed by atoms with van der Waals surface area (Å²) in [6, 6.07) is 7.63. The fourth-order valence-electron chi connectivity index (χ4n) is 2.87. The molecule has 0 radical (unpaired) electrons. The molecule has 1 unspecified atom stereocenters. The first-order valence-electron chi connectivity index (χ1n) is 8.04. The largest absolute Gasteiger partial charge is 0.378 e. The predicted molar refractivity (Wildman–Crippen MR) is 87.4 cm³/mol. The molecule has 1 N–H and O–H groups in total. The fourth-order valence-corrected chi connectivity index (χ4v) is 2.87. The van der Waals surface area contributed by atoms with Gasteiger partial charge >= 0.3 is 0 Å². The molecule has 0 aromatic heterocycles. The van der Waals surface area contributed by atoms with Crippen LogP contribution < -0.4 is 10.3 Å². The van der Waals surface area contributed by atoms with Gasteiger partial charge in [-0.25, -0.2) is 0 Å². The lowest BCUT2D eigenvalue weighted by Gasteiger charge is -2.14. The van der Waals surface area contributed by atoms with Crippen molar-refractivity contribution >= 4 is 17.3 Å². The SMILES string of the molecule is CC1=NN(c2ccc(C(=O)NCCC3CCCO3)cc2)CC1. The fraction of sp³-hybridized carbons (Fsp3) is 0.529. The number of amides is 1. The Kier molecular flexibility index (Phi) is 4.73. The van der Waals surface area contributed by atoms with Gasteiger partial charge in [-0.3, -0.25) is 9.80 Å². The van der Waals surface area contributed by atoms with Gasteiger partial charge in [-0.2, -0.15) is 5.10 Å². The lowest BCUT2D eigenvalue weighted by molar-refractivity contribution is 0.0907. The van der Waals surface area contributed by atoms with E-state index in [4.69, 9.17) is 4.74 Å². The standard InChI is InChI=1S/C17H23N3O2/c1-13-9-11-20(19-13)15-6-4-14(5-7-15)17(21)18-10-8-16-3-2-12-22-16/h4-7,16H,2-3,8-12H2,1H3,(H,18,21). The minimum absolute atomic E-state index is 0.0225. The summed E-state index contributed by atoms with van der Waals surface area (Å²) in [5.74, 6) is -0.0225. The van der Waals surface area contributed by atoms with E-state index in [0.29, 0.717) is 18.2 Å². The van der Waals surface area contributed by atoms with Crippen molar-refractivity contribution in [1.82, 2.24) is 5.32 Å². The number of ether oxygens (including phenoxy) is 1. The lowest BCUT2D eigenvalue weighted by Crippen LogP contribution is -2.27. The smallest absolute Gasteiger partial charge is 0.251 e. The van der Waals surface area contributed by atoms with E-state index in [0.717, 1.165) is 50.2 Å². The number of carbonyl (C=O) groups excluding carboxylic acids is 1. The van der Waals surface area contributed by atoms with E-state index in [9.17, 15) is 4.79 Å². The van der Waals surface area contributed by atoms with Gasteiger partial charge < -0.3 is 10.1 Å². The maximum Gasteiger partial charge on any atom is 0.251 e. The summed E-state index contributed by atoms with van der Waals surface area (Å²) in [5.41, 5.74) is 2.87. The van der Waals surface area contributed by atoms with Crippen LogP contribution in [0.4, 0.5) is 5.69 Å². The number of anilines is 1. The van der Waals surface area contributed by atoms with Gasteiger partial charge in [0.05, 0.1) is 11.8 Å². The van der Waals surface area contributed by atoms with Gasteiger partial charge in [0, 0.05) is 37.4 Å². The molecular formula is C17H23N3O2. The zero-order valence-corrected chi connectivity index (χ0v) is 13.0. The van der Waals surface area contributed by atoms with Gasteiger partial charge in [0.25, 0.3) is 5.91 Å². The minimum atomic E-state index is -0.0225. The minimum Gasteiger partial charge on any atom is -0.378 e. The van der Waals surface area contributed by atoms with Crippen LogP contribution in [0.3, 0.4) is 0 Å². The van der Waals surface area contributed by atoms with Crippen molar-refractivity contribution in [3.05, 3.63) is 29.8 Å². The van der Waals surface area contributed by atoms with Crippen molar-refractivity contribution in [2.75, 3.05) is 24.7 Å². The average molecular weight is 301 g/mol. The van der Waals surface area contributed by atoms with Gasteiger partial charge in [-0.05, 0) is 50.5 Å². The number of nitrogens with one attached hydrogen (secondary N) is 1. The highest BCUT2D eigenvalue weighted by molar-refractivity contribution is 5.94. The molecular weight excluding hydrogens is 278 g/mol. The maximum atomic E-state index is 12.1. The number of nitrogens with zero attached hydrogens (tertiary/aromatic N) is 2. The molecule has 5 heteroatoms. The van der Waals surface area contributed by atoms with E-state index in [-0.39, 0.29) is 5.91 Å². The number of hydrazone groups is 1. The number of hydrogen-bond acceptors (Lipinski definition) is 4. The van der Waals surface area contributed by atoms with E-state index in [1.165, 1.54) is 0 Å². The number of rotatable bonds is 5. The molecule has 118 valence electrons. The molecule has 2 heterocycles. The summed E-state index contributed by atoms with van der Waals surface area (Å²) in [6.45, 7) is 4.48. The molecule has 1 saturated heterocycles. The summed E-state index contributed by atoms with van der Waals surface area (Å²) in [5, 5.41) is 9.40. The summed E-state index contributed by atoms with van der Waals surface area (Å²) in [4.78, 5) is 12.1. The third kappa shape index (κ3) is 3.65. The molecule has 0 bridgehead atoms. The first kappa shape index (κ1) is 15.0. The van der Waals surface area contributed by atoms with Crippen LogP contribution in [0.25, 0.3) is 0 Å². The van der Waals surface area contributed by atoms with Gasteiger partial charge in [-0.1, -0.05) is 0 Å². The van der Waals surface area contributed by atoms with Crippen molar-refractivity contribution in [2.45, 2.75) is 38.7 Å². The van der Waals surface area contributed by atoms with Crippen LogP contribution in [0, 0.1) is 0 Å². The van der Waals surface area contributed by atoms with E-state index in [1.54, 1.807) is 0 Å². The van der Waals surface area contributed by atoms with Crippen LogP contribution in [0.2, 0.25) is 0 Å². The number of benzene rings is 1. The predicted octanol–water partition coefficient (Wildman–Crippen LogP) is 2.57. The highest BCUT2D eigenvalue weighted by Crippen LogP contribution is 2.20. The molecule has 1 aromatic rings. The highest BCUT2D eigenvalue weighted by atomic mass is 16.5. The van der Waals surface area contributed by atoms with Gasteiger partial charge in [-0.15, -0.1) is 0 Å². The van der Waals surface area contributed by atoms with E-state index < -0.39 is 0 Å². The quantitative estimate of drug-likeness (QED) is 0.909. The van der Waals surface area contributed by atoms with E-state index >= 15 is 0 Å². The maximum absolute atomic E-state index is 12.1. The normalized spacial score (nSPS) is 21.0. The second kappa shape index (κ2) is 6.92. The lowest BCUT2D eigenvalue weighted by atomic mass is 10.1. The topological polar surface area (TPSA) is 53.9 Å². The van der Waals surface area contributed by atoms with Crippen LogP contribution in [-0.4, -0.2) is 37.4 Å². The third-order valence-corrected chi connectivity index (χ3v) is 4.18. The number of hydrogen-bond donors (Lipinski definition) is 1. The zero-order chi connectivity index (χ0) is 15.4. The first-order valence-corrected chi connectivity index (χ1v) is 8.04. The molecule has 22 heavy (non-hydrogen) atoms. The second-order valence-corrected chi connectivity index (χ2v) is 5.93. The molecule has 5 nitrogen and oxygen atoms in total. The van der Waals surface area contributed by atoms with Crippen LogP contribution in [0.1, 0.15) is 43.0 Å². The molecule has 3 rings (SSSR count). The Hall–Kier alpha value is -1.88. The van der Waals surface area contributed by atoms with Crippen molar-refractivity contribution in [3.63, 3.8) is 0 Å². The zero-order valence-electron chi connectivity index (χ0n) is 13.0. The Morgan fingerprint density at radius 3 is 2.86 bits per heavy atom. The molecule has 0 spiro atoms. The Morgan fingerprint density at radius 1 is 1.41 bits per heavy atom. The van der Waals surface area contributed by atoms with Gasteiger partial charge in [0.15, 0.2) is 0 Å². The van der Waals surface area contributed by atoms with E-state index in [1.807, 2.05) is 36.2 Å². The second-order valence-electron chi connectivity index (χ2n) is 5.93. The molecule has 1 amide bonds. The Morgan fingerprint density at radius 2 is 2.23 bits per heavy atom. The Labute approximate surface area is 131 Å². The highest BCUT2D eigenvalue weighted by Gasteiger charge is 2.16. The van der Waals surface area contributed by atoms with E-state index in [2.05, 4.69) is 10.4 Å². The third-order valence-electron chi connectivity index (χ3n) is 4.18. The van der Waals surface area contributed by atoms with Crippen LogP contribution in [0.15, 0.2) is 29.4 Å². The molecule has 0 saturated carbocycles. The molecule has 2 aliphatic rings. The summed E-state index contributed by atoms with van der Waals surface area (Å²) < 4.78 is 5.55. The Balaban J connectivity index is 1.50. The van der Waals surface area contributed by atoms with Crippen LogP contribution in [-0.2, 0) is 4.74 Å². The molecule has 1 fully saturated rings. The van der Waals surface area contributed by atoms with Crippen molar-refractivity contribution in [3.8, 4) is 0 Å². The van der Waals surface area contributed by atoms with Crippen LogP contribution in [0.5, 0.6) is 0 Å². The molecule has 1 aromatic carbocycles. The van der Waals surface area contributed by atoms with Crippen LogP contribution >= 0.6 is 0 Å². The van der Waals surface area contributed by atoms with Crippen molar-refractivity contribution < 1.29 is 9.53 Å². The monoisotopic (exact) mass is 301 g/mol. The van der Waals surface area contributed by atoms with Gasteiger partial charge in [0.2, 0.25) is 0 Å². The molecule has 1 atom stereocenters. The Bertz CT molecular complexity index is 548. The van der Waals surface area contributed by atoms with Crippen molar-refractivity contribution in [2.24, 2.45) is 5.10 Å².